The Labute approximate surface area is 316 Å². The minimum absolute atomic E-state index is 0.0235. The highest BCUT2D eigenvalue weighted by atomic mass is 15.3. The molecule has 1 heterocycles. The van der Waals surface area contributed by atoms with Crippen molar-refractivity contribution in [2.75, 3.05) is 10.2 Å². The summed E-state index contributed by atoms with van der Waals surface area (Å²) in [4.78, 5) is 2.41. The van der Waals surface area contributed by atoms with Gasteiger partial charge in [-0.2, -0.15) is 0 Å². The number of nitrogens with one attached hydrogen (secondary N) is 1. The van der Waals surface area contributed by atoms with Crippen molar-refractivity contribution in [2.24, 2.45) is 0 Å². The van der Waals surface area contributed by atoms with Crippen LogP contribution in [-0.4, -0.2) is 0 Å². The second kappa shape index (κ2) is 11.7. The molecule has 1 aliphatic carbocycles. The number of benzene rings is 9. The van der Waals surface area contributed by atoms with Gasteiger partial charge in [-0.25, -0.2) is 0 Å². The lowest BCUT2D eigenvalue weighted by Gasteiger charge is -2.27. The number of hydrogen-bond acceptors (Lipinski definition) is 2. The Hall–Kier alpha value is -6.64. The summed E-state index contributed by atoms with van der Waals surface area (Å²) in [6, 6.07) is 67.3. The first-order valence-electron chi connectivity index (χ1n) is 19.0. The maximum absolute atomic E-state index is 3.83. The highest BCUT2D eigenvalue weighted by molar-refractivity contribution is 6.22. The van der Waals surface area contributed by atoms with E-state index in [1.807, 2.05) is 0 Å². The summed E-state index contributed by atoms with van der Waals surface area (Å²) < 4.78 is 0. The summed E-state index contributed by atoms with van der Waals surface area (Å²) in [5, 5.41) is 11.5. The van der Waals surface area contributed by atoms with Gasteiger partial charge in [-0.15, -0.1) is 0 Å². The molecule has 0 bridgehead atoms. The van der Waals surface area contributed by atoms with E-state index in [-0.39, 0.29) is 11.6 Å². The third kappa shape index (κ3) is 4.53. The standard InChI is InChI=1S/C52H38N2/c1-52(2)45-21-11-10-18-39(45)42-31-43-44(32-46(42)52)50(37-29-24-33-14-6-7-15-36(33)30-37)41-20-9-8-19-40(41)49(43)34-25-27-35(28-26-34)51-53-47-22-12-13-23-48(47)54(51)38-16-4-3-5-17-38/h3-32,51,53H,1-2H3. The minimum atomic E-state index is -0.106. The molecule has 0 amide bonds. The normalized spacial score (nSPS) is 15.3. The minimum Gasteiger partial charge on any atom is -0.359 e. The molecule has 9 aromatic carbocycles. The molecule has 256 valence electrons. The lowest BCUT2D eigenvalue weighted by atomic mass is 9.79. The van der Waals surface area contributed by atoms with Crippen LogP contribution in [0.5, 0.6) is 0 Å². The fraction of sp³-hybridized carbons (Fsp3) is 0.0769. The summed E-state index contributed by atoms with van der Waals surface area (Å²) in [7, 11) is 0. The molecule has 11 rings (SSSR count). The van der Waals surface area contributed by atoms with Crippen molar-refractivity contribution in [2.45, 2.75) is 25.4 Å². The summed E-state index contributed by atoms with van der Waals surface area (Å²) in [6.07, 6.45) is -0.0235. The second-order valence-electron chi connectivity index (χ2n) is 15.4. The van der Waals surface area contributed by atoms with Gasteiger partial charge >= 0.3 is 0 Å². The highest BCUT2D eigenvalue weighted by Crippen LogP contribution is 2.53. The predicted octanol–water partition coefficient (Wildman–Crippen LogP) is 14.0. The molecule has 0 spiro atoms. The molecule has 54 heavy (non-hydrogen) atoms. The molecule has 1 atom stereocenters. The van der Waals surface area contributed by atoms with E-state index in [9.17, 15) is 0 Å². The number of rotatable bonds is 4. The van der Waals surface area contributed by atoms with Gasteiger partial charge in [0.25, 0.3) is 0 Å². The quantitative estimate of drug-likeness (QED) is 0.185. The fourth-order valence-electron chi connectivity index (χ4n) is 9.44. The van der Waals surface area contributed by atoms with Crippen molar-refractivity contribution in [3.8, 4) is 33.4 Å². The van der Waals surface area contributed by atoms with Crippen LogP contribution in [0.4, 0.5) is 17.1 Å². The van der Waals surface area contributed by atoms with E-state index < -0.39 is 0 Å². The third-order valence-electron chi connectivity index (χ3n) is 12.0. The van der Waals surface area contributed by atoms with Crippen LogP contribution in [0.15, 0.2) is 182 Å². The first-order valence-corrected chi connectivity index (χ1v) is 19.0. The largest absolute Gasteiger partial charge is 0.359 e. The molecule has 0 saturated carbocycles. The fourth-order valence-corrected chi connectivity index (χ4v) is 9.44. The van der Waals surface area contributed by atoms with Crippen LogP contribution in [0.1, 0.15) is 36.7 Å². The van der Waals surface area contributed by atoms with Gasteiger partial charge in [-0.3, -0.25) is 0 Å². The van der Waals surface area contributed by atoms with E-state index in [1.165, 1.54) is 93.8 Å². The lowest BCUT2D eigenvalue weighted by Crippen LogP contribution is -2.23. The average molecular weight is 691 g/mol. The lowest BCUT2D eigenvalue weighted by molar-refractivity contribution is 0.661. The van der Waals surface area contributed by atoms with Crippen LogP contribution in [-0.2, 0) is 5.41 Å². The summed E-state index contributed by atoms with van der Waals surface area (Å²) in [5.41, 5.74) is 15.1. The molecule has 2 nitrogen and oxygen atoms in total. The molecule has 9 aromatic rings. The van der Waals surface area contributed by atoms with Gasteiger partial charge in [0.05, 0.1) is 11.4 Å². The monoisotopic (exact) mass is 690 g/mol. The van der Waals surface area contributed by atoms with E-state index >= 15 is 0 Å². The van der Waals surface area contributed by atoms with Gasteiger partial charge in [0.1, 0.15) is 6.17 Å². The topological polar surface area (TPSA) is 15.3 Å². The van der Waals surface area contributed by atoms with Crippen molar-refractivity contribution in [1.82, 2.24) is 0 Å². The van der Waals surface area contributed by atoms with Crippen molar-refractivity contribution in [1.29, 1.82) is 0 Å². The van der Waals surface area contributed by atoms with E-state index in [1.54, 1.807) is 0 Å². The zero-order valence-corrected chi connectivity index (χ0v) is 30.3. The van der Waals surface area contributed by atoms with E-state index in [0.717, 1.165) is 5.69 Å². The number of fused-ring (bicyclic) bond motifs is 7. The molecular weight excluding hydrogens is 653 g/mol. The maximum Gasteiger partial charge on any atom is 0.130 e. The van der Waals surface area contributed by atoms with E-state index in [2.05, 4.69) is 206 Å². The Balaban J connectivity index is 1.15. The first kappa shape index (κ1) is 30.9. The zero-order valence-electron chi connectivity index (χ0n) is 30.3. The van der Waals surface area contributed by atoms with Crippen LogP contribution in [0.3, 0.4) is 0 Å². The second-order valence-corrected chi connectivity index (χ2v) is 15.4. The number of hydrogen-bond donors (Lipinski definition) is 1. The van der Waals surface area contributed by atoms with Gasteiger partial charge in [0.2, 0.25) is 0 Å². The summed E-state index contributed by atoms with van der Waals surface area (Å²) in [5.74, 6) is 0. The Kier molecular flexibility index (Phi) is 6.69. The smallest absolute Gasteiger partial charge is 0.130 e. The Morgan fingerprint density at radius 2 is 1.09 bits per heavy atom. The predicted molar refractivity (Wildman–Crippen MR) is 229 cm³/mol. The summed E-state index contributed by atoms with van der Waals surface area (Å²) in [6.45, 7) is 4.77. The van der Waals surface area contributed by atoms with Gasteiger partial charge in [-0.05, 0) is 125 Å². The van der Waals surface area contributed by atoms with Crippen molar-refractivity contribution >= 4 is 49.4 Å². The van der Waals surface area contributed by atoms with Crippen LogP contribution in [0.2, 0.25) is 0 Å². The Bertz CT molecular complexity index is 2940. The van der Waals surface area contributed by atoms with E-state index in [0.29, 0.717) is 0 Å². The molecule has 0 radical (unpaired) electrons. The SMILES string of the molecule is CC1(C)c2ccccc2-c2cc3c(-c4ccc(C5Nc6ccccc6N5c5ccccc5)cc4)c4ccccc4c(-c4ccc5ccccc5c4)c3cc21. The van der Waals surface area contributed by atoms with Gasteiger partial charge in [0.15, 0.2) is 0 Å². The van der Waals surface area contributed by atoms with Crippen molar-refractivity contribution in [3.63, 3.8) is 0 Å². The van der Waals surface area contributed by atoms with Crippen LogP contribution in [0.25, 0.3) is 65.7 Å². The van der Waals surface area contributed by atoms with Crippen molar-refractivity contribution in [3.05, 3.63) is 199 Å². The molecule has 2 heteroatoms. The highest BCUT2D eigenvalue weighted by Gasteiger charge is 2.36. The molecule has 0 saturated heterocycles. The Morgan fingerprint density at radius 3 is 1.91 bits per heavy atom. The molecule has 0 fully saturated rings. The number of anilines is 3. The Morgan fingerprint density at radius 1 is 0.463 bits per heavy atom. The van der Waals surface area contributed by atoms with Gasteiger partial charge in [0, 0.05) is 11.1 Å². The molecule has 1 aliphatic heterocycles. The third-order valence-corrected chi connectivity index (χ3v) is 12.0. The van der Waals surface area contributed by atoms with Crippen LogP contribution in [0, 0.1) is 0 Å². The maximum atomic E-state index is 3.83. The molecule has 2 aliphatic rings. The zero-order chi connectivity index (χ0) is 36.0. The number of para-hydroxylation sites is 3. The van der Waals surface area contributed by atoms with Gasteiger partial charge < -0.3 is 10.2 Å². The van der Waals surface area contributed by atoms with Gasteiger partial charge in [-0.1, -0.05) is 153 Å². The van der Waals surface area contributed by atoms with Crippen LogP contribution < -0.4 is 10.2 Å². The first-order chi connectivity index (χ1) is 26.5. The molecule has 1 unspecified atom stereocenters. The average Bonchev–Trinajstić information content (AvgIpc) is 3.72. The van der Waals surface area contributed by atoms with E-state index in [4.69, 9.17) is 0 Å². The molecular formula is C52H38N2. The van der Waals surface area contributed by atoms with Crippen molar-refractivity contribution < 1.29 is 0 Å². The summed E-state index contributed by atoms with van der Waals surface area (Å²) >= 11 is 0. The number of nitrogens with zero attached hydrogens (tertiary/aromatic N) is 1. The molecule has 1 N–H and O–H groups in total. The molecule has 0 aromatic heterocycles. The van der Waals surface area contributed by atoms with Crippen LogP contribution >= 0.6 is 0 Å².